The summed E-state index contributed by atoms with van der Waals surface area (Å²) in [7, 11) is 1.53. The van der Waals surface area contributed by atoms with Crippen LogP contribution >= 0.6 is 0 Å². The van der Waals surface area contributed by atoms with Crippen LogP contribution in [-0.4, -0.2) is 30.1 Å². The largest absolute Gasteiger partial charge is 0.496 e. The van der Waals surface area contributed by atoms with Gasteiger partial charge in [0.05, 0.1) is 13.5 Å². The zero-order valence-electron chi connectivity index (χ0n) is 10.5. The van der Waals surface area contributed by atoms with Gasteiger partial charge in [-0.3, -0.25) is 4.79 Å². The molecule has 0 aliphatic heterocycles. The van der Waals surface area contributed by atoms with Crippen LogP contribution in [0, 0.1) is 0 Å². The number of rotatable bonds is 6. The minimum Gasteiger partial charge on any atom is -0.496 e. The molecule has 0 aromatic heterocycles. The van der Waals surface area contributed by atoms with Crippen LogP contribution in [0.25, 0.3) is 0 Å². The monoisotopic (exact) mass is 251 g/mol. The van der Waals surface area contributed by atoms with Crippen molar-refractivity contribution in [2.24, 2.45) is 0 Å². The van der Waals surface area contributed by atoms with Gasteiger partial charge in [0.25, 0.3) is 0 Å². The van der Waals surface area contributed by atoms with Crippen molar-refractivity contribution in [3.05, 3.63) is 29.8 Å². The number of hydrogen-bond donors (Lipinski definition) is 2. The number of hydrogen-bond acceptors (Lipinski definition) is 3. The highest BCUT2D eigenvalue weighted by molar-refractivity contribution is 5.85. The quantitative estimate of drug-likeness (QED) is 0.797. The zero-order chi connectivity index (χ0) is 13.5. The molecule has 5 heteroatoms. The van der Waals surface area contributed by atoms with E-state index in [1.165, 1.54) is 7.11 Å². The average molecular weight is 251 g/mol. The first-order chi connectivity index (χ1) is 8.58. The van der Waals surface area contributed by atoms with Crippen LogP contribution < -0.4 is 10.1 Å². The molecule has 0 fully saturated rings. The molecular weight excluding hydrogens is 234 g/mol. The summed E-state index contributed by atoms with van der Waals surface area (Å²) in [6, 6.07) is 6.32. The summed E-state index contributed by atoms with van der Waals surface area (Å²) in [4.78, 5) is 22.5. The molecule has 5 nitrogen and oxygen atoms in total. The number of carbonyl (C=O) groups is 2. The summed E-state index contributed by atoms with van der Waals surface area (Å²) in [5.74, 6) is -0.726. The van der Waals surface area contributed by atoms with Crippen molar-refractivity contribution in [2.45, 2.75) is 25.8 Å². The van der Waals surface area contributed by atoms with E-state index in [-0.39, 0.29) is 12.3 Å². The average Bonchev–Trinajstić information content (AvgIpc) is 2.36. The third-order valence-corrected chi connectivity index (χ3v) is 2.59. The Labute approximate surface area is 106 Å². The van der Waals surface area contributed by atoms with Gasteiger partial charge >= 0.3 is 5.97 Å². The fourth-order valence-corrected chi connectivity index (χ4v) is 1.61. The molecule has 1 atom stereocenters. The normalized spacial score (nSPS) is 11.7. The molecule has 18 heavy (non-hydrogen) atoms. The topological polar surface area (TPSA) is 75.6 Å². The lowest BCUT2D eigenvalue weighted by molar-refractivity contribution is -0.141. The first kappa shape index (κ1) is 14.0. The molecule has 0 aliphatic carbocycles. The van der Waals surface area contributed by atoms with E-state index in [1.807, 2.05) is 6.07 Å². The Morgan fingerprint density at radius 1 is 1.39 bits per heavy atom. The van der Waals surface area contributed by atoms with E-state index in [1.54, 1.807) is 25.1 Å². The maximum absolute atomic E-state index is 11.7. The number of amides is 1. The van der Waals surface area contributed by atoms with E-state index in [2.05, 4.69) is 5.32 Å². The van der Waals surface area contributed by atoms with E-state index in [4.69, 9.17) is 9.84 Å². The van der Waals surface area contributed by atoms with Gasteiger partial charge in [-0.1, -0.05) is 25.1 Å². The number of benzene rings is 1. The highest BCUT2D eigenvalue weighted by atomic mass is 16.5. The Kier molecular flexibility index (Phi) is 5.17. The second kappa shape index (κ2) is 6.64. The van der Waals surface area contributed by atoms with Crippen LogP contribution in [-0.2, 0) is 16.0 Å². The minimum atomic E-state index is -1.02. The van der Waals surface area contributed by atoms with Crippen molar-refractivity contribution < 1.29 is 19.4 Å². The SMILES string of the molecule is CC[C@H](NC(=O)Cc1ccccc1OC)C(=O)O. The fourth-order valence-electron chi connectivity index (χ4n) is 1.61. The van der Waals surface area contributed by atoms with Crippen LogP contribution in [0.5, 0.6) is 5.75 Å². The van der Waals surface area contributed by atoms with Gasteiger partial charge < -0.3 is 15.2 Å². The molecule has 0 saturated heterocycles. The zero-order valence-corrected chi connectivity index (χ0v) is 10.5. The van der Waals surface area contributed by atoms with Crippen molar-refractivity contribution in [2.75, 3.05) is 7.11 Å². The predicted molar refractivity (Wildman–Crippen MR) is 66.6 cm³/mol. The molecule has 1 amide bonds. The molecular formula is C13H17NO4. The summed E-state index contributed by atoms with van der Waals surface area (Å²) in [6.07, 6.45) is 0.459. The lowest BCUT2D eigenvalue weighted by Gasteiger charge is -2.13. The smallest absolute Gasteiger partial charge is 0.326 e. The van der Waals surface area contributed by atoms with Crippen molar-refractivity contribution in [1.29, 1.82) is 0 Å². The van der Waals surface area contributed by atoms with Gasteiger partial charge in [0.2, 0.25) is 5.91 Å². The number of nitrogens with one attached hydrogen (secondary N) is 1. The molecule has 1 aromatic carbocycles. The summed E-state index contributed by atoms with van der Waals surface area (Å²) in [5.41, 5.74) is 0.734. The molecule has 98 valence electrons. The molecule has 1 rings (SSSR count). The van der Waals surface area contributed by atoms with Gasteiger partial charge in [-0.05, 0) is 12.5 Å². The maximum atomic E-state index is 11.7. The van der Waals surface area contributed by atoms with Gasteiger partial charge in [0, 0.05) is 5.56 Å². The van der Waals surface area contributed by atoms with Crippen LogP contribution in [0.2, 0.25) is 0 Å². The van der Waals surface area contributed by atoms with Gasteiger partial charge in [0.1, 0.15) is 11.8 Å². The Morgan fingerprint density at radius 2 is 2.06 bits per heavy atom. The third-order valence-electron chi connectivity index (χ3n) is 2.59. The number of carboxylic acid groups (broad SMARTS) is 1. The van der Waals surface area contributed by atoms with Crippen LogP contribution in [0.4, 0.5) is 0 Å². The number of aliphatic carboxylic acids is 1. The molecule has 0 aliphatic rings. The second-order valence-corrected chi connectivity index (χ2v) is 3.86. The summed E-state index contributed by atoms with van der Waals surface area (Å²) < 4.78 is 5.13. The second-order valence-electron chi connectivity index (χ2n) is 3.86. The highest BCUT2D eigenvalue weighted by Crippen LogP contribution is 2.17. The van der Waals surface area contributed by atoms with Crippen molar-refractivity contribution in [3.63, 3.8) is 0 Å². The maximum Gasteiger partial charge on any atom is 0.326 e. The van der Waals surface area contributed by atoms with E-state index in [0.29, 0.717) is 12.2 Å². The number of para-hydroxylation sites is 1. The van der Waals surface area contributed by atoms with E-state index >= 15 is 0 Å². The fraction of sp³-hybridized carbons (Fsp3) is 0.385. The predicted octanol–water partition coefficient (Wildman–Crippen LogP) is 1.22. The van der Waals surface area contributed by atoms with Gasteiger partial charge in [-0.15, -0.1) is 0 Å². The molecule has 0 heterocycles. The van der Waals surface area contributed by atoms with E-state index in [9.17, 15) is 9.59 Å². The number of methoxy groups -OCH3 is 1. The Bertz CT molecular complexity index is 431. The van der Waals surface area contributed by atoms with Crippen molar-refractivity contribution in [3.8, 4) is 5.75 Å². The van der Waals surface area contributed by atoms with Crippen LogP contribution in [0.3, 0.4) is 0 Å². The Balaban J connectivity index is 2.67. The number of carboxylic acids is 1. The van der Waals surface area contributed by atoms with Crippen LogP contribution in [0.15, 0.2) is 24.3 Å². The molecule has 0 bridgehead atoms. The lowest BCUT2D eigenvalue weighted by Crippen LogP contribution is -2.41. The number of carbonyl (C=O) groups excluding carboxylic acids is 1. The van der Waals surface area contributed by atoms with Crippen LogP contribution in [0.1, 0.15) is 18.9 Å². The molecule has 0 unspecified atom stereocenters. The summed E-state index contributed by atoms with van der Waals surface area (Å²) in [5, 5.41) is 11.3. The molecule has 0 saturated carbocycles. The van der Waals surface area contributed by atoms with Crippen molar-refractivity contribution in [1.82, 2.24) is 5.32 Å². The molecule has 0 spiro atoms. The first-order valence-electron chi connectivity index (χ1n) is 5.72. The molecule has 2 N–H and O–H groups in total. The number of ether oxygens (including phenoxy) is 1. The lowest BCUT2D eigenvalue weighted by atomic mass is 10.1. The Hall–Kier alpha value is -2.04. The van der Waals surface area contributed by atoms with E-state index in [0.717, 1.165) is 5.56 Å². The standard InChI is InChI=1S/C13H17NO4/c1-3-10(13(16)17)14-12(15)8-9-6-4-5-7-11(9)18-2/h4-7,10H,3,8H2,1-2H3,(H,14,15)(H,16,17)/t10-/m0/s1. The van der Waals surface area contributed by atoms with E-state index < -0.39 is 12.0 Å². The molecule has 0 radical (unpaired) electrons. The highest BCUT2D eigenvalue weighted by Gasteiger charge is 2.18. The third kappa shape index (κ3) is 3.76. The van der Waals surface area contributed by atoms with Gasteiger partial charge in [0.15, 0.2) is 0 Å². The summed E-state index contributed by atoms with van der Waals surface area (Å²) in [6.45, 7) is 1.71. The minimum absolute atomic E-state index is 0.105. The first-order valence-corrected chi connectivity index (χ1v) is 5.72. The van der Waals surface area contributed by atoms with Crippen molar-refractivity contribution >= 4 is 11.9 Å². The van der Waals surface area contributed by atoms with Gasteiger partial charge in [-0.25, -0.2) is 4.79 Å². The van der Waals surface area contributed by atoms with Gasteiger partial charge in [-0.2, -0.15) is 0 Å². The molecule has 1 aromatic rings. The summed E-state index contributed by atoms with van der Waals surface area (Å²) >= 11 is 0. The Morgan fingerprint density at radius 3 is 2.61 bits per heavy atom.